The summed E-state index contributed by atoms with van der Waals surface area (Å²) in [4.78, 5) is 24.4. The number of ether oxygens (including phenoxy) is 1. The van der Waals surface area contributed by atoms with Crippen LogP contribution in [0, 0.1) is 0 Å². The van der Waals surface area contributed by atoms with Crippen LogP contribution in [0.25, 0.3) is 0 Å². The van der Waals surface area contributed by atoms with Crippen LogP contribution in [0.5, 0.6) is 0 Å². The second-order valence-corrected chi connectivity index (χ2v) is 15.7. The van der Waals surface area contributed by atoms with E-state index in [-0.39, 0.29) is 18.5 Å². The van der Waals surface area contributed by atoms with Crippen molar-refractivity contribution in [3.63, 3.8) is 0 Å². The number of esters is 1. The van der Waals surface area contributed by atoms with Crippen molar-refractivity contribution in [1.82, 2.24) is 5.32 Å². The van der Waals surface area contributed by atoms with Gasteiger partial charge in [-0.2, -0.15) is 0 Å². The number of aliphatic hydroxyl groups is 2. The molecule has 1 amide bonds. The van der Waals surface area contributed by atoms with E-state index in [4.69, 9.17) is 4.74 Å². The van der Waals surface area contributed by atoms with Crippen molar-refractivity contribution in [3.8, 4) is 0 Å². The van der Waals surface area contributed by atoms with Gasteiger partial charge in [-0.1, -0.05) is 192 Å². The van der Waals surface area contributed by atoms with Crippen molar-refractivity contribution in [2.75, 3.05) is 13.2 Å². The fraction of sp³-hybridized carbons (Fsp3) is 0.872. The summed E-state index contributed by atoms with van der Waals surface area (Å²) in [7, 11) is 0. The van der Waals surface area contributed by atoms with Crippen LogP contribution in [0.1, 0.15) is 239 Å². The van der Waals surface area contributed by atoms with Gasteiger partial charge in [-0.05, 0) is 57.8 Å². The Labute approximate surface area is 329 Å². The van der Waals surface area contributed by atoms with Gasteiger partial charge in [-0.25, -0.2) is 0 Å². The fourth-order valence-electron chi connectivity index (χ4n) is 6.86. The summed E-state index contributed by atoms with van der Waals surface area (Å²) in [6, 6.07) is -0.640. The highest BCUT2D eigenvalue weighted by Crippen LogP contribution is 2.14. The number of allylic oxidation sites excluding steroid dienone is 3. The van der Waals surface area contributed by atoms with Gasteiger partial charge < -0.3 is 20.3 Å². The minimum absolute atomic E-state index is 0.0249. The molecule has 2 unspecified atom stereocenters. The number of aliphatic hydroxyl groups excluding tert-OH is 2. The molecule has 0 aliphatic heterocycles. The first-order chi connectivity index (χ1) is 26.0. The summed E-state index contributed by atoms with van der Waals surface area (Å²) >= 11 is 0. The molecule has 0 saturated carbocycles. The number of hydrogen-bond acceptors (Lipinski definition) is 5. The minimum atomic E-state index is -0.854. The second kappa shape index (κ2) is 43.1. The fourth-order valence-corrected chi connectivity index (χ4v) is 6.86. The number of carbonyl (C=O) groups is 2. The van der Waals surface area contributed by atoms with E-state index in [0.717, 1.165) is 57.8 Å². The first-order valence-corrected chi connectivity index (χ1v) is 23.1. The van der Waals surface area contributed by atoms with Crippen molar-refractivity contribution in [2.45, 2.75) is 251 Å². The third-order valence-electron chi connectivity index (χ3n) is 10.5. The van der Waals surface area contributed by atoms with Gasteiger partial charge in [0.2, 0.25) is 5.91 Å². The van der Waals surface area contributed by atoms with Gasteiger partial charge in [0.25, 0.3) is 0 Å². The molecule has 0 aromatic carbocycles. The first-order valence-electron chi connectivity index (χ1n) is 23.1. The van der Waals surface area contributed by atoms with Gasteiger partial charge >= 0.3 is 5.97 Å². The quantitative estimate of drug-likeness (QED) is 0.0328. The molecule has 0 rings (SSSR count). The summed E-state index contributed by atoms with van der Waals surface area (Å²) in [5.74, 6) is -0.114. The SMILES string of the molecule is CCCCCCC/C=C\CCCCCCCC(=O)OCCCCCCCCCCCCCC(=O)NC(CO)C(O)/C=C/CCCCCCCCCCC. The Hall–Kier alpha value is -1.66. The highest BCUT2D eigenvalue weighted by atomic mass is 16.5. The van der Waals surface area contributed by atoms with Crippen LogP contribution >= 0.6 is 0 Å². The lowest BCUT2D eigenvalue weighted by Gasteiger charge is -2.20. The van der Waals surface area contributed by atoms with E-state index in [2.05, 4.69) is 31.3 Å². The van der Waals surface area contributed by atoms with E-state index < -0.39 is 12.1 Å². The lowest BCUT2D eigenvalue weighted by molar-refractivity contribution is -0.143. The molecular weight excluding hydrogens is 659 g/mol. The molecule has 6 nitrogen and oxygen atoms in total. The zero-order valence-corrected chi connectivity index (χ0v) is 35.2. The van der Waals surface area contributed by atoms with Crippen molar-refractivity contribution >= 4 is 11.9 Å². The molecule has 0 radical (unpaired) electrons. The Balaban J connectivity index is 3.51. The predicted molar refractivity (Wildman–Crippen MR) is 227 cm³/mol. The molecule has 0 saturated heterocycles. The number of carbonyl (C=O) groups excluding carboxylic acids is 2. The van der Waals surface area contributed by atoms with Gasteiger partial charge in [0.05, 0.1) is 25.4 Å². The molecule has 2 atom stereocenters. The molecule has 0 heterocycles. The monoisotopic (exact) mass is 748 g/mol. The van der Waals surface area contributed by atoms with E-state index in [1.165, 1.54) is 154 Å². The Morgan fingerprint density at radius 1 is 0.509 bits per heavy atom. The largest absolute Gasteiger partial charge is 0.466 e. The topological polar surface area (TPSA) is 95.9 Å². The predicted octanol–water partition coefficient (Wildman–Crippen LogP) is 13.2. The van der Waals surface area contributed by atoms with Crippen molar-refractivity contribution in [3.05, 3.63) is 24.3 Å². The van der Waals surface area contributed by atoms with Gasteiger partial charge in [0.15, 0.2) is 0 Å². The maximum atomic E-state index is 12.4. The van der Waals surface area contributed by atoms with Gasteiger partial charge in [-0.3, -0.25) is 9.59 Å². The van der Waals surface area contributed by atoms with Gasteiger partial charge in [-0.15, -0.1) is 0 Å². The molecule has 0 aromatic rings. The maximum absolute atomic E-state index is 12.4. The van der Waals surface area contributed by atoms with Crippen LogP contribution in [0.4, 0.5) is 0 Å². The summed E-state index contributed by atoms with van der Waals surface area (Å²) in [5.41, 5.74) is 0. The van der Waals surface area contributed by atoms with Gasteiger partial charge in [0, 0.05) is 12.8 Å². The third kappa shape index (κ3) is 39.8. The molecule has 6 heteroatoms. The Morgan fingerprint density at radius 3 is 1.34 bits per heavy atom. The lowest BCUT2D eigenvalue weighted by Crippen LogP contribution is -2.45. The average Bonchev–Trinajstić information content (AvgIpc) is 3.16. The van der Waals surface area contributed by atoms with E-state index in [1.807, 2.05) is 6.08 Å². The zero-order chi connectivity index (χ0) is 38.7. The molecule has 0 aliphatic carbocycles. The van der Waals surface area contributed by atoms with Crippen molar-refractivity contribution < 1.29 is 24.5 Å². The van der Waals surface area contributed by atoms with Crippen LogP contribution in [0.2, 0.25) is 0 Å². The Bertz CT molecular complexity index is 828. The van der Waals surface area contributed by atoms with Crippen molar-refractivity contribution in [2.24, 2.45) is 0 Å². The van der Waals surface area contributed by atoms with Crippen LogP contribution < -0.4 is 5.32 Å². The van der Waals surface area contributed by atoms with E-state index >= 15 is 0 Å². The third-order valence-corrected chi connectivity index (χ3v) is 10.5. The maximum Gasteiger partial charge on any atom is 0.305 e. The van der Waals surface area contributed by atoms with E-state index in [9.17, 15) is 19.8 Å². The molecule has 0 aromatic heterocycles. The Kier molecular flexibility index (Phi) is 41.7. The highest BCUT2D eigenvalue weighted by molar-refractivity contribution is 5.76. The molecule has 0 aliphatic rings. The van der Waals surface area contributed by atoms with Crippen LogP contribution in [-0.4, -0.2) is 47.4 Å². The smallest absolute Gasteiger partial charge is 0.305 e. The molecule has 0 spiro atoms. The summed E-state index contributed by atoms with van der Waals surface area (Å²) in [6.45, 7) is 4.82. The molecule has 53 heavy (non-hydrogen) atoms. The summed E-state index contributed by atoms with van der Waals surface area (Å²) < 4.78 is 5.44. The van der Waals surface area contributed by atoms with E-state index in [0.29, 0.717) is 19.4 Å². The standard InChI is InChI=1S/C47H89NO5/c1-3-5-7-9-11-13-15-16-17-21-25-29-33-37-41-47(52)53-42-38-34-30-26-22-18-20-24-28-32-36-40-46(51)48-44(43-49)45(50)39-35-31-27-23-19-14-12-10-8-6-4-2/h15-16,35,39,44-45,49-50H,3-14,17-34,36-38,40-43H2,1-2H3,(H,48,51)/b16-15-,39-35+. The molecule has 312 valence electrons. The van der Waals surface area contributed by atoms with Crippen LogP contribution in [-0.2, 0) is 14.3 Å². The number of unbranched alkanes of at least 4 members (excludes halogenated alkanes) is 29. The van der Waals surface area contributed by atoms with Crippen molar-refractivity contribution in [1.29, 1.82) is 0 Å². The van der Waals surface area contributed by atoms with E-state index in [1.54, 1.807) is 6.08 Å². The highest BCUT2D eigenvalue weighted by Gasteiger charge is 2.18. The number of hydrogen-bond donors (Lipinski definition) is 3. The van der Waals surface area contributed by atoms with Crippen LogP contribution in [0.3, 0.4) is 0 Å². The first kappa shape index (κ1) is 51.3. The summed E-state index contributed by atoms with van der Waals surface area (Å²) in [5, 5.41) is 22.9. The minimum Gasteiger partial charge on any atom is -0.466 e. The molecule has 3 N–H and O–H groups in total. The lowest BCUT2D eigenvalue weighted by atomic mass is 10.0. The normalized spacial score (nSPS) is 12.9. The number of amides is 1. The second-order valence-electron chi connectivity index (χ2n) is 15.7. The average molecular weight is 748 g/mol. The zero-order valence-electron chi connectivity index (χ0n) is 35.2. The Morgan fingerprint density at radius 2 is 0.887 bits per heavy atom. The summed E-state index contributed by atoms with van der Waals surface area (Å²) in [6.07, 6.45) is 48.7. The molecular formula is C47H89NO5. The number of rotatable bonds is 42. The molecule has 0 fully saturated rings. The number of nitrogens with one attached hydrogen (secondary N) is 1. The molecule has 0 bridgehead atoms. The van der Waals surface area contributed by atoms with Gasteiger partial charge in [0.1, 0.15) is 0 Å². The van der Waals surface area contributed by atoms with Crippen LogP contribution in [0.15, 0.2) is 24.3 Å².